The largest absolute Gasteiger partial charge is 0.456 e. The summed E-state index contributed by atoms with van der Waals surface area (Å²) < 4.78 is 5.05. The van der Waals surface area contributed by atoms with E-state index in [-0.39, 0.29) is 31.2 Å². The van der Waals surface area contributed by atoms with Crippen molar-refractivity contribution in [3.8, 4) is 0 Å². The number of carbonyl (C=O) groups excluding carboxylic acids is 4. The van der Waals surface area contributed by atoms with E-state index in [0.717, 1.165) is 15.2 Å². The maximum atomic E-state index is 12.9. The highest BCUT2D eigenvalue weighted by Crippen LogP contribution is 2.30. The zero-order valence-corrected chi connectivity index (χ0v) is 18.8. The number of carbonyl (C=O) groups is 4. The standard InChI is InChI=1S/C25H22N2O5S/c1-33-20-12-3-2-11-19(20)26-21(28)15-32-22(29)13-6-14-27-24(30)17-9-4-7-16-8-5-10-18(23(16)17)25(27)31/h2-5,7-12H,6,13-15H2,1H3,(H,26,28). The van der Waals surface area contributed by atoms with Gasteiger partial charge in [0.15, 0.2) is 6.61 Å². The van der Waals surface area contributed by atoms with Crippen LogP contribution in [0.1, 0.15) is 33.6 Å². The maximum absolute atomic E-state index is 12.9. The summed E-state index contributed by atoms with van der Waals surface area (Å²) in [7, 11) is 0. The number of nitrogens with zero attached hydrogens (tertiary/aromatic N) is 1. The Morgan fingerprint density at radius 1 is 0.939 bits per heavy atom. The summed E-state index contributed by atoms with van der Waals surface area (Å²) in [5, 5.41) is 4.23. The molecule has 1 aliphatic heterocycles. The third kappa shape index (κ3) is 4.75. The second kappa shape index (κ2) is 9.87. The molecule has 0 radical (unpaired) electrons. The normalized spacial score (nSPS) is 12.7. The summed E-state index contributed by atoms with van der Waals surface area (Å²) in [6.45, 7) is -0.316. The Morgan fingerprint density at radius 3 is 2.27 bits per heavy atom. The molecule has 0 spiro atoms. The first kappa shape index (κ1) is 22.5. The Hall–Kier alpha value is -3.65. The van der Waals surface area contributed by atoms with E-state index >= 15 is 0 Å². The SMILES string of the molecule is CSc1ccccc1NC(=O)COC(=O)CCCN1C(=O)c2cccc3cccc(c23)C1=O. The van der Waals surface area contributed by atoms with Gasteiger partial charge >= 0.3 is 5.97 Å². The van der Waals surface area contributed by atoms with E-state index in [1.54, 1.807) is 30.3 Å². The van der Waals surface area contributed by atoms with Crippen molar-refractivity contribution >= 4 is 51.9 Å². The predicted molar refractivity (Wildman–Crippen MR) is 126 cm³/mol. The lowest BCUT2D eigenvalue weighted by atomic mass is 9.94. The molecular weight excluding hydrogens is 440 g/mol. The van der Waals surface area contributed by atoms with Gasteiger partial charge in [-0.2, -0.15) is 0 Å². The van der Waals surface area contributed by atoms with Gasteiger partial charge in [0, 0.05) is 34.4 Å². The molecule has 1 aliphatic rings. The van der Waals surface area contributed by atoms with Gasteiger partial charge < -0.3 is 10.1 Å². The first-order chi connectivity index (χ1) is 16.0. The lowest BCUT2D eigenvalue weighted by Crippen LogP contribution is -2.41. The number of amides is 3. The molecule has 33 heavy (non-hydrogen) atoms. The zero-order valence-electron chi connectivity index (χ0n) is 18.0. The Balaban J connectivity index is 1.29. The number of benzene rings is 3. The van der Waals surface area contributed by atoms with Gasteiger partial charge in [0.25, 0.3) is 17.7 Å². The molecule has 0 aliphatic carbocycles. The van der Waals surface area contributed by atoms with Gasteiger partial charge in [-0.3, -0.25) is 24.1 Å². The topological polar surface area (TPSA) is 92.8 Å². The molecule has 0 aromatic heterocycles. The van der Waals surface area contributed by atoms with Crippen LogP contribution in [0.5, 0.6) is 0 Å². The molecule has 0 atom stereocenters. The van der Waals surface area contributed by atoms with Gasteiger partial charge in [-0.15, -0.1) is 11.8 Å². The minimum absolute atomic E-state index is 0.0163. The van der Waals surface area contributed by atoms with Crippen molar-refractivity contribution in [3.63, 3.8) is 0 Å². The summed E-state index contributed by atoms with van der Waals surface area (Å²) in [5.74, 6) is -1.74. The number of ether oxygens (including phenoxy) is 1. The lowest BCUT2D eigenvalue weighted by molar-refractivity contribution is -0.147. The average molecular weight is 463 g/mol. The Labute approximate surface area is 195 Å². The molecule has 3 amide bonds. The van der Waals surface area contributed by atoms with Gasteiger partial charge in [-0.05, 0) is 42.3 Å². The van der Waals surface area contributed by atoms with Gasteiger partial charge in [-0.25, -0.2) is 0 Å². The number of anilines is 1. The number of imide groups is 1. The minimum Gasteiger partial charge on any atom is -0.456 e. The van der Waals surface area contributed by atoms with Crippen molar-refractivity contribution in [1.29, 1.82) is 0 Å². The van der Waals surface area contributed by atoms with Crippen LogP contribution in [0.15, 0.2) is 65.6 Å². The van der Waals surface area contributed by atoms with Crippen LogP contribution in [0.25, 0.3) is 10.8 Å². The van der Waals surface area contributed by atoms with Crippen LogP contribution in [0.3, 0.4) is 0 Å². The minimum atomic E-state index is -0.567. The Bertz CT molecular complexity index is 1210. The average Bonchev–Trinajstić information content (AvgIpc) is 2.83. The smallest absolute Gasteiger partial charge is 0.306 e. The van der Waals surface area contributed by atoms with Gasteiger partial charge in [0.1, 0.15) is 0 Å². The monoisotopic (exact) mass is 462 g/mol. The molecular formula is C25H22N2O5S. The van der Waals surface area contributed by atoms with Gasteiger partial charge in [0.05, 0.1) is 5.69 Å². The highest BCUT2D eigenvalue weighted by Gasteiger charge is 2.32. The van der Waals surface area contributed by atoms with Crippen molar-refractivity contribution in [2.45, 2.75) is 17.7 Å². The summed E-state index contributed by atoms with van der Waals surface area (Å²) in [5.41, 5.74) is 1.61. The lowest BCUT2D eigenvalue weighted by Gasteiger charge is -2.27. The molecule has 3 aromatic carbocycles. The fourth-order valence-corrected chi connectivity index (χ4v) is 4.37. The third-order valence-electron chi connectivity index (χ3n) is 5.36. The van der Waals surface area contributed by atoms with Crippen LogP contribution in [-0.4, -0.2) is 48.0 Å². The second-order valence-electron chi connectivity index (χ2n) is 7.48. The van der Waals surface area contributed by atoms with Crippen molar-refractivity contribution in [1.82, 2.24) is 4.90 Å². The first-order valence-corrected chi connectivity index (χ1v) is 11.7. The van der Waals surface area contributed by atoms with E-state index in [9.17, 15) is 19.2 Å². The van der Waals surface area contributed by atoms with Crippen LogP contribution >= 0.6 is 11.8 Å². The first-order valence-electron chi connectivity index (χ1n) is 10.5. The van der Waals surface area contributed by atoms with Crippen molar-refractivity contribution in [2.75, 3.05) is 24.7 Å². The van der Waals surface area contributed by atoms with Crippen LogP contribution in [0.4, 0.5) is 5.69 Å². The molecule has 3 aromatic rings. The van der Waals surface area contributed by atoms with E-state index in [4.69, 9.17) is 4.74 Å². The molecule has 7 nitrogen and oxygen atoms in total. The van der Waals surface area contributed by atoms with Crippen LogP contribution in [0.2, 0.25) is 0 Å². The van der Waals surface area contributed by atoms with E-state index in [1.165, 1.54) is 11.8 Å². The van der Waals surface area contributed by atoms with Crippen LogP contribution < -0.4 is 5.32 Å². The third-order valence-corrected chi connectivity index (χ3v) is 6.16. The number of para-hydroxylation sites is 1. The molecule has 0 saturated heterocycles. The van der Waals surface area contributed by atoms with E-state index < -0.39 is 18.5 Å². The zero-order chi connectivity index (χ0) is 23.4. The fraction of sp³-hybridized carbons (Fsp3) is 0.200. The molecule has 0 fully saturated rings. The molecule has 1 N–H and O–H groups in total. The quantitative estimate of drug-likeness (QED) is 0.308. The maximum Gasteiger partial charge on any atom is 0.306 e. The number of hydrogen-bond donors (Lipinski definition) is 1. The molecule has 168 valence electrons. The van der Waals surface area contributed by atoms with Crippen LogP contribution in [-0.2, 0) is 14.3 Å². The molecule has 0 unspecified atom stereocenters. The highest BCUT2D eigenvalue weighted by atomic mass is 32.2. The predicted octanol–water partition coefficient (Wildman–Crippen LogP) is 4.12. The Kier molecular flexibility index (Phi) is 6.74. The van der Waals surface area contributed by atoms with E-state index in [0.29, 0.717) is 22.2 Å². The van der Waals surface area contributed by atoms with E-state index in [2.05, 4.69) is 5.32 Å². The molecule has 8 heteroatoms. The van der Waals surface area contributed by atoms with Crippen molar-refractivity contribution in [2.24, 2.45) is 0 Å². The highest BCUT2D eigenvalue weighted by molar-refractivity contribution is 7.98. The van der Waals surface area contributed by atoms with Crippen molar-refractivity contribution < 1.29 is 23.9 Å². The van der Waals surface area contributed by atoms with Gasteiger partial charge in [-0.1, -0.05) is 36.4 Å². The number of esters is 1. The summed E-state index contributed by atoms with van der Waals surface area (Å²) in [6, 6.07) is 18.0. The molecule has 0 bridgehead atoms. The summed E-state index contributed by atoms with van der Waals surface area (Å²) in [6.07, 6.45) is 2.13. The molecule has 0 saturated carbocycles. The van der Waals surface area contributed by atoms with Crippen LogP contribution in [0, 0.1) is 0 Å². The number of nitrogens with one attached hydrogen (secondary N) is 1. The van der Waals surface area contributed by atoms with E-state index in [1.807, 2.05) is 36.6 Å². The summed E-state index contributed by atoms with van der Waals surface area (Å²) >= 11 is 1.50. The number of hydrogen-bond acceptors (Lipinski definition) is 6. The Morgan fingerprint density at radius 2 is 1.61 bits per heavy atom. The molecule has 1 heterocycles. The van der Waals surface area contributed by atoms with Gasteiger partial charge in [0.2, 0.25) is 0 Å². The molecule has 4 rings (SSSR count). The second-order valence-corrected chi connectivity index (χ2v) is 8.33. The number of thioether (sulfide) groups is 1. The van der Waals surface area contributed by atoms with Crippen molar-refractivity contribution in [3.05, 3.63) is 71.8 Å². The fourth-order valence-electron chi connectivity index (χ4n) is 3.82. The summed E-state index contributed by atoms with van der Waals surface area (Å²) in [4.78, 5) is 52.0. The number of rotatable bonds is 8.